The van der Waals surface area contributed by atoms with E-state index in [2.05, 4.69) is 9.71 Å². The van der Waals surface area contributed by atoms with Gasteiger partial charge in [-0.15, -0.1) is 0 Å². The van der Waals surface area contributed by atoms with Crippen LogP contribution in [0.4, 0.5) is 17.2 Å². The molecule has 0 fully saturated rings. The van der Waals surface area contributed by atoms with E-state index in [1.807, 2.05) is 49.2 Å². The quantitative estimate of drug-likeness (QED) is 0.849. The molecule has 118 valence electrons. The second kappa shape index (κ2) is 7.26. The topological polar surface area (TPSA) is 62.3 Å². The van der Waals surface area contributed by atoms with Crippen LogP contribution in [-0.4, -0.2) is 26.2 Å². The molecule has 0 amide bonds. The van der Waals surface area contributed by atoms with E-state index < -0.39 is 10.0 Å². The van der Waals surface area contributed by atoms with E-state index in [0.717, 1.165) is 17.9 Å². The molecule has 0 saturated carbocycles. The lowest BCUT2D eigenvalue weighted by Gasteiger charge is -2.18. The molecule has 5 nitrogen and oxygen atoms in total. The Balaban J connectivity index is 2.07. The van der Waals surface area contributed by atoms with Crippen molar-refractivity contribution >= 4 is 27.2 Å². The van der Waals surface area contributed by atoms with Gasteiger partial charge in [-0.1, -0.05) is 31.5 Å². The zero-order valence-corrected chi connectivity index (χ0v) is 13.7. The number of sulfonamides is 1. The van der Waals surface area contributed by atoms with Crippen molar-refractivity contribution in [2.75, 3.05) is 22.4 Å². The highest BCUT2D eigenvalue weighted by Crippen LogP contribution is 2.22. The van der Waals surface area contributed by atoms with Crippen LogP contribution < -0.4 is 9.62 Å². The molecule has 0 atom stereocenters. The largest absolute Gasteiger partial charge is 0.329 e. The van der Waals surface area contributed by atoms with Crippen LogP contribution in [0.3, 0.4) is 0 Å². The lowest BCUT2D eigenvalue weighted by atomic mass is 10.3. The number of anilines is 3. The van der Waals surface area contributed by atoms with Crippen LogP contribution in [0, 0.1) is 0 Å². The van der Waals surface area contributed by atoms with Crippen molar-refractivity contribution in [1.82, 2.24) is 4.98 Å². The third-order valence-electron chi connectivity index (χ3n) is 3.27. The van der Waals surface area contributed by atoms with E-state index in [-0.39, 0.29) is 5.75 Å². The summed E-state index contributed by atoms with van der Waals surface area (Å²) in [7, 11) is -1.37. The standard InChI is InChI=1S/C16H21N3O2S/c1-3-4-12-22(20,21)18-14-10-11-16(17-13-14)19(2)15-8-6-5-7-9-15/h5-11,13,18H,3-4,12H2,1-2H3. The van der Waals surface area contributed by atoms with Gasteiger partial charge in [0.1, 0.15) is 5.82 Å². The predicted molar refractivity (Wildman–Crippen MR) is 91.1 cm³/mol. The number of aromatic nitrogens is 1. The predicted octanol–water partition coefficient (Wildman–Crippen LogP) is 3.39. The van der Waals surface area contributed by atoms with Crippen molar-refractivity contribution < 1.29 is 8.42 Å². The van der Waals surface area contributed by atoms with Gasteiger partial charge in [0.25, 0.3) is 0 Å². The normalized spacial score (nSPS) is 11.2. The summed E-state index contributed by atoms with van der Waals surface area (Å²) in [6.45, 7) is 1.96. The maximum absolute atomic E-state index is 11.8. The van der Waals surface area contributed by atoms with Gasteiger partial charge in [0, 0.05) is 12.7 Å². The van der Waals surface area contributed by atoms with E-state index in [0.29, 0.717) is 12.1 Å². The Morgan fingerprint density at radius 1 is 1.14 bits per heavy atom. The van der Waals surface area contributed by atoms with Gasteiger partial charge in [0.2, 0.25) is 10.0 Å². The van der Waals surface area contributed by atoms with E-state index in [1.165, 1.54) is 6.20 Å². The third-order valence-corrected chi connectivity index (χ3v) is 4.65. The first-order chi connectivity index (χ1) is 10.5. The van der Waals surface area contributed by atoms with Crippen LogP contribution in [-0.2, 0) is 10.0 Å². The molecular weight excluding hydrogens is 298 g/mol. The molecule has 22 heavy (non-hydrogen) atoms. The number of para-hydroxylation sites is 1. The van der Waals surface area contributed by atoms with Crippen molar-refractivity contribution in [3.8, 4) is 0 Å². The lowest BCUT2D eigenvalue weighted by molar-refractivity contribution is 0.598. The van der Waals surface area contributed by atoms with Crippen LogP contribution in [0.5, 0.6) is 0 Å². The molecular formula is C16H21N3O2S. The maximum atomic E-state index is 11.8. The number of unbranched alkanes of at least 4 members (excludes halogenated alkanes) is 1. The van der Waals surface area contributed by atoms with E-state index in [4.69, 9.17) is 0 Å². The van der Waals surface area contributed by atoms with Crippen LogP contribution in [0.1, 0.15) is 19.8 Å². The molecule has 0 radical (unpaired) electrons. The first-order valence-corrected chi connectivity index (χ1v) is 8.92. The Labute approximate surface area is 132 Å². The molecule has 0 aliphatic heterocycles. The second-order valence-corrected chi connectivity index (χ2v) is 6.92. The summed E-state index contributed by atoms with van der Waals surface area (Å²) in [5.74, 6) is 0.887. The fourth-order valence-corrected chi connectivity index (χ4v) is 3.24. The molecule has 1 aromatic carbocycles. The van der Waals surface area contributed by atoms with Gasteiger partial charge in [0.05, 0.1) is 17.6 Å². The van der Waals surface area contributed by atoms with Gasteiger partial charge >= 0.3 is 0 Å². The molecule has 1 N–H and O–H groups in total. The summed E-state index contributed by atoms with van der Waals surface area (Å²) in [4.78, 5) is 6.26. The van der Waals surface area contributed by atoms with Gasteiger partial charge in [0.15, 0.2) is 0 Å². The smallest absolute Gasteiger partial charge is 0.232 e. The molecule has 1 heterocycles. The minimum Gasteiger partial charge on any atom is -0.329 e. The average Bonchev–Trinajstić information content (AvgIpc) is 2.53. The minimum absolute atomic E-state index is 0.134. The zero-order chi connectivity index (χ0) is 16.0. The first-order valence-electron chi connectivity index (χ1n) is 7.27. The van der Waals surface area contributed by atoms with Crippen molar-refractivity contribution in [2.45, 2.75) is 19.8 Å². The van der Waals surface area contributed by atoms with E-state index >= 15 is 0 Å². The fourth-order valence-electron chi connectivity index (χ4n) is 1.99. The molecule has 0 aliphatic carbocycles. The number of hydrogen-bond donors (Lipinski definition) is 1. The maximum Gasteiger partial charge on any atom is 0.232 e. The van der Waals surface area contributed by atoms with Gasteiger partial charge in [-0.3, -0.25) is 4.72 Å². The minimum atomic E-state index is -3.29. The second-order valence-electron chi connectivity index (χ2n) is 5.07. The summed E-state index contributed by atoms with van der Waals surface area (Å²) in [5, 5.41) is 0. The number of nitrogens with zero attached hydrogens (tertiary/aromatic N) is 2. The summed E-state index contributed by atoms with van der Waals surface area (Å²) >= 11 is 0. The SMILES string of the molecule is CCCCS(=O)(=O)Nc1ccc(N(C)c2ccccc2)nc1. The average molecular weight is 319 g/mol. The highest BCUT2D eigenvalue weighted by molar-refractivity contribution is 7.92. The molecule has 2 aromatic rings. The van der Waals surface area contributed by atoms with Crippen LogP contribution >= 0.6 is 0 Å². The number of hydrogen-bond acceptors (Lipinski definition) is 4. The molecule has 0 saturated heterocycles. The summed E-state index contributed by atoms with van der Waals surface area (Å²) in [6, 6.07) is 13.4. The molecule has 0 unspecified atom stereocenters. The zero-order valence-electron chi connectivity index (χ0n) is 12.9. The Morgan fingerprint density at radius 2 is 1.86 bits per heavy atom. The van der Waals surface area contributed by atoms with Crippen molar-refractivity contribution in [2.24, 2.45) is 0 Å². The molecule has 0 aliphatic rings. The highest BCUT2D eigenvalue weighted by atomic mass is 32.2. The highest BCUT2D eigenvalue weighted by Gasteiger charge is 2.10. The van der Waals surface area contributed by atoms with Crippen molar-refractivity contribution in [1.29, 1.82) is 0 Å². The molecule has 0 spiro atoms. The van der Waals surface area contributed by atoms with Gasteiger partial charge < -0.3 is 4.90 Å². The van der Waals surface area contributed by atoms with Crippen molar-refractivity contribution in [3.05, 3.63) is 48.7 Å². The number of nitrogens with one attached hydrogen (secondary N) is 1. The van der Waals surface area contributed by atoms with Crippen molar-refractivity contribution in [3.63, 3.8) is 0 Å². The Morgan fingerprint density at radius 3 is 2.45 bits per heavy atom. The molecule has 1 aromatic heterocycles. The Bertz CT molecular complexity index is 685. The molecule has 0 bridgehead atoms. The van der Waals surface area contributed by atoms with Crippen LogP contribution in [0.15, 0.2) is 48.7 Å². The first kappa shape index (κ1) is 16.3. The van der Waals surface area contributed by atoms with Gasteiger partial charge in [-0.05, 0) is 30.7 Å². The van der Waals surface area contributed by atoms with Crippen LogP contribution in [0.25, 0.3) is 0 Å². The number of benzene rings is 1. The summed E-state index contributed by atoms with van der Waals surface area (Å²) in [6.07, 6.45) is 3.04. The number of pyridine rings is 1. The van der Waals surface area contributed by atoms with E-state index in [9.17, 15) is 8.42 Å². The fraction of sp³-hybridized carbons (Fsp3) is 0.312. The Hall–Kier alpha value is -2.08. The molecule has 2 rings (SSSR count). The lowest BCUT2D eigenvalue weighted by Crippen LogP contribution is -2.17. The van der Waals surface area contributed by atoms with Crippen LogP contribution in [0.2, 0.25) is 0 Å². The molecule has 6 heteroatoms. The third kappa shape index (κ3) is 4.46. The monoisotopic (exact) mass is 319 g/mol. The Kier molecular flexibility index (Phi) is 5.38. The van der Waals surface area contributed by atoms with Gasteiger partial charge in [-0.25, -0.2) is 13.4 Å². The summed E-state index contributed by atoms with van der Waals surface area (Å²) < 4.78 is 26.2. The summed E-state index contributed by atoms with van der Waals surface area (Å²) in [5.41, 5.74) is 1.51. The number of rotatable bonds is 7. The van der Waals surface area contributed by atoms with E-state index in [1.54, 1.807) is 12.1 Å². The van der Waals surface area contributed by atoms with Gasteiger partial charge in [-0.2, -0.15) is 0 Å².